The van der Waals surface area contributed by atoms with Crippen LogP contribution in [0.5, 0.6) is 0 Å². The summed E-state index contributed by atoms with van der Waals surface area (Å²) in [5, 5.41) is 0. The molecule has 0 radical (unpaired) electrons. The van der Waals surface area contributed by atoms with Crippen LogP contribution in [0.2, 0.25) is 0 Å². The van der Waals surface area contributed by atoms with Gasteiger partial charge in [0.15, 0.2) is 0 Å². The Bertz CT molecular complexity index is 336. The lowest BCUT2D eigenvalue weighted by Crippen LogP contribution is -2.48. The van der Waals surface area contributed by atoms with Gasteiger partial charge in [0.05, 0.1) is 12.5 Å². The SMILES string of the molecule is COC(=O)CCCN(C)C(=O)C1(CN)CCC(C)CC1. The molecule has 0 bridgehead atoms. The van der Waals surface area contributed by atoms with Gasteiger partial charge in [0.1, 0.15) is 0 Å². The monoisotopic (exact) mass is 284 g/mol. The summed E-state index contributed by atoms with van der Waals surface area (Å²) in [6.07, 6.45) is 4.88. The number of nitrogens with zero attached hydrogens (tertiary/aromatic N) is 1. The molecule has 1 aliphatic carbocycles. The zero-order valence-electron chi connectivity index (χ0n) is 13.0. The molecule has 0 aromatic heterocycles. The van der Waals surface area contributed by atoms with E-state index in [-0.39, 0.29) is 17.3 Å². The van der Waals surface area contributed by atoms with E-state index >= 15 is 0 Å². The van der Waals surface area contributed by atoms with Gasteiger partial charge in [-0.15, -0.1) is 0 Å². The third-order valence-corrected chi connectivity index (χ3v) is 4.52. The maximum atomic E-state index is 12.6. The number of amides is 1. The molecule has 1 fully saturated rings. The molecule has 0 saturated heterocycles. The first-order valence-electron chi connectivity index (χ1n) is 7.47. The van der Waals surface area contributed by atoms with E-state index < -0.39 is 0 Å². The Hall–Kier alpha value is -1.10. The minimum Gasteiger partial charge on any atom is -0.469 e. The molecule has 1 amide bonds. The molecule has 0 aliphatic heterocycles. The average Bonchev–Trinajstić information content (AvgIpc) is 2.47. The Morgan fingerprint density at radius 1 is 1.35 bits per heavy atom. The van der Waals surface area contributed by atoms with E-state index in [1.165, 1.54) is 7.11 Å². The molecule has 2 N–H and O–H groups in total. The number of hydrogen-bond acceptors (Lipinski definition) is 4. The van der Waals surface area contributed by atoms with Gasteiger partial charge in [0.25, 0.3) is 0 Å². The summed E-state index contributed by atoms with van der Waals surface area (Å²) < 4.78 is 4.60. The molecule has 1 saturated carbocycles. The maximum absolute atomic E-state index is 12.6. The van der Waals surface area contributed by atoms with Crippen LogP contribution in [0, 0.1) is 11.3 Å². The summed E-state index contributed by atoms with van der Waals surface area (Å²) in [5.41, 5.74) is 5.52. The zero-order valence-corrected chi connectivity index (χ0v) is 13.0. The highest BCUT2D eigenvalue weighted by Crippen LogP contribution is 2.39. The third-order valence-electron chi connectivity index (χ3n) is 4.52. The van der Waals surface area contributed by atoms with Gasteiger partial charge in [0.2, 0.25) is 5.91 Å². The number of ether oxygens (including phenoxy) is 1. The van der Waals surface area contributed by atoms with Crippen LogP contribution in [0.3, 0.4) is 0 Å². The maximum Gasteiger partial charge on any atom is 0.305 e. The van der Waals surface area contributed by atoms with E-state index in [0.29, 0.717) is 31.8 Å². The predicted octanol–water partition coefficient (Wildman–Crippen LogP) is 1.55. The van der Waals surface area contributed by atoms with Crippen LogP contribution in [-0.4, -0.2) is 44.0 Å². The van der Waals surface area contributed by atoms with Gasteiger partial charge in [-0.2, -0.15) is 0 Å². The van der Waals surface area contributed by atoms with Crippen LogP contribution >= 0.6 is 0 Å². The van der Waals surface area contributed by atoms with Crippen molar-refractivity contribution >= 4 is 11.9 Å². The van der Waals surface area contributed by atoms with Crippen molar-refractivity contribution < 1.29 is 14.3 Å². The number of carbonyl (C=O) groups excluding carboxylic acids is 2. The number of methoxy groups -OCH3 is 1. The lowest BCUT2D eigenvalue weighted by molar-refractivity contribution is -0.144. The fourth-order valence-electron chi connectivity index (χ4n) is 2.89. The lowest BCUT2D eigenvalue weighted by atomic mass is 9.70. The quantitative estimate of drug-likeness (QED) is 0.751. The molecule has 0 atom stereocenters. The summed E-state index contributed by atoms with van der Waals surface area (Å²) in [6, 6.07) is 0. The minimum atomic E-state index is -0.382. The van der Waals surface area contributed by atoms with E-state index in [2.05, 4.69) is 11.7 Å². The molecular weight excluding hydrogens is 256 g/mol. The number of hydrogen-bond donors (Lipinski definition) is 1. The minimum absolute atomic E-state index is 0.136. The molecule has 0 heterocycles. The summed E-state index contributed by atoms with van der Waals surface area (Å²) >= 11 is 0. The summed E-state index contributed by atoms with van der Waals surface area (Å²) in [4.78, 5) is 25.4. The van der Waals surface area contributed by atoms with Crippen molar-refractivity contribution in [3.63, 3.8) is 0 Å². The zero-order chi connectivity index (χ0) is 15.2. The van der Waals surface area contributed by atoms with Crippen molar-refractivity contribution in [2.45, 2.75) is 45.4 Å². The van der Waals surface area contributed by atoms with Crippen LogP contribution in [-0.2, 0) is 14.3 Å². The van der Waals surface area contributed by atoms with Crippen molar-refractivity contribution in [3.05, 3.63) is 0 Å². The first-order chi connectivity index (χ1) is 9.45. The van der Waals surface area contributed by atoms with E-state index in [9.17, 15) is 9.59 Å². The highest BCUT2D eigenvalue weighted by Gasteiger charge is 2.41. The van der Waals surface area contributed by atoms with E-state index in [4.69, 9.17) is 5.73 Å². The van der Waals surface area contributed by atoms with Gasteiger partial charge in [0, 0.05) is 26.6 Å². The van der Waals surface area contributed by atoms with Gasteiger partial charge in [-0.1, -0.05) is 6.92 Å². The molecule has 0 unspecified atom stereocenters. The average molecular weight is 284 g/mol. The van der Waals surface area contributed by atoms with Gasteiger partial charge in [-0.05, 0) is 38.0 Å². The van der Waals surface area contributed by atoms with Gasteiger partial charge in [-0.25, -0.2) is 0 Å². The standard InChI is InChI=1S/C15H28N2O3/c1-12-6-8-15(11-16,9-7-12)14(19)17(2)10-4-5-13(18)20-3/h12H,4-11,16H2,1-3H3. The molecule has 116 valence electrons. The van der Waals surface area contributed by atoms with Gasteiger partial charge in [-0.3, -0.25) is 9.59 Å². The van der Waals surface area contributed by atoms with E-state index in [1.54, 1.807) is 11.9 Å². The van der Waals surface area contributed by atoms with Crippen LogP contribution in [0.15, 0.2) is 0 Å². The molecule has 1 rings (SSSR count). The highest BCUT2D eigenvalue weighted by molar-refractivity contribution is 5.83. The van der Waals surface area contributed by atoms with Crippen molar-refractivity contribution in [2.75, 3.05) is 27.2 Å². The van der Waals surface area contributed by atoms with Gasteiger partial charge < -0.3 is 15.4 Å². The Labute approximate surface area is 121 Å². The molecule has 5 nitrogen and oxygen atoms in total. The Balaban J connectivity index is 2.51. The van der Waals surface area contributed by atoms with Crippen molar-refractivity contribution in [1.29, 1.82) is 0 Å². The van der Waals surface area contributed by atoms with Crippen LogP contribution in [0.25, 0.3) is 0 Å². The molecular formula is C15H28N2O3. The Kier molecular flexibility index (Phi) is 6.46. The van der Waals surface area contributed by atoms with Gasteiger partial charge >= 0.3 is 5.97 Å². The highest BCUT2D eigenvalue weighted by atomic mass is 16.5. The molecule has 0 aromatic rings. The van der Waals surface area contributed by atoms with Crippen LogP contribution in [0.4, 0.5) is 0 Å². The Morgan fingerprint density at radius 2 is 1.95 bits per heavy atom. The molecule has 20 heavy (non-hydrogen) atoms. The largest absolute Gasteiger partial charge is 0.469 e. The summed E-state index contributed by atoms with van der Waals surface area (Å²) in [5.74, 6) is 0.592. The second-order valence-corrected chi connectivity index (χ2v) is 6.07. The summed E-state index contributed by atoms with van der Waals surface area (Å²) in [6.45, 7) is 3.22. The normalized spacial score (nSPS) is 26.1. The van der Waals surface area contributed by atoms with Crippen LogP contribution in [0.1, 0.15) is 45.4 Å². The fraction of sp³-hybridized carbons (Fsp3) is 0.867. The first kappa shape index (κ1) is 17.0. The van der Waals surface area contributed by atoms with E-state index in [1.807, 2.05) is 0 Å². The number of nitrogens with two attached hydrogens (primary N) is 1. The molecule has 1 aliphatic rings. The molecule has 0 aromatic carbocycles. The molecule has 0 spiro atoms. The van der Waals surface area contributed by atoms with Crippen molar-refractivity contribution in [1.82, 2.24) is 4.90 Å². The topological polar surface area (TPSA) is 72.6 Å². The van der Waals surface area contributed by atoms with Crippen molar-refractivity contribution in [2.24, 2.45) is 17.1 Å². The smallest absolute Gasteiger partial charge is 0.305 e. The second-order valence-electron chi connectivity index (χ2n) is 6.07. The number of carbonyl (C=O) groups is 2. The van der Waals surface area contributed by atoms with E-state index in [0.717, 1.165) is 25.7 Å². The lowest BCUT2D eigenvalue weighted by Gasteiger charge is -2.39. The summed E-state index contributed by atoms with van der Waals surface area (Å²) in [7, 11) is 3.18. The van der Waals surface area contributed by atoms with Crippen molar-refractivity contribution in [3.8, 4) is 0 Å². The second kappa shape index (κ2) is 7.62. The number of esters is 1. The Morgan fingerprint density at radius 3 is 2.45 bits per heavy atom. The fourth-order valence-corrected chi connectivity index (χ4v) is 2.89. The predicted molar refractivity (Wildman–Crippen MR) is 78.0 cm³/mol. The van der Waals surface area contributed by atoms with Crippen LogP contribution < -0.4 is 5.73 Å². The third kappa shape index (κ3) is 4.20. The number of rotatable bonds is 6. The molecule has 5 heteroatoms. The first-order valence-corrected chi connectivity index (χ1v) is 7.47.